The van der Waals surface area contributed by atoms with E-state index in [0.29, 0.717) is 29.3 Å². The molecule has 3 aliphatic carbocycles. The number of carbonyl (C=O) groups excluding carboxylic acids is 2. The molecule has 2 saturated carbocycles. The Hall–Kier alpha value is 1.19. The Morgan fingerprint density at radius 1 is 1.20 bits per heavy atom. The van der Waals surface area contributed by atoms with Gasteiger partial charge < -0.3 is 33.9 Å². The summed E-state index contributed by atoms with van der Waals surface area (Å²) in [7, 11) is 0. The summed E-state index contributed by atoms with van der Waals surface area (Å²) in [4.78, 5) is 28.0. The Morgan fingerprint density at radius 2 is 1.86 bits per heavy atom. The first kappa shape index (κ1) is 39.6. The van der Waals surface area contributed by atoms with E-state index in [0.717, 1.165) is 0 Å². The van der Waals surface area contributed by atoms with E-state index in [1.165, 1.54) is 11.8 Å². The summed E-state index contributed by atoms with van der Waals surface area (Å²) in [5.41, 5.74) is -4.41. The number of ketones is 1. The average Bonchev–Trinajstić information content (AvgIpc) is 3.47. The van der Waals surface area contributed by atoms with Crippen molar-refractivity contribution in [3.05, 3.63) is 35.3 Å². The number of fused-ring (bicyclic) bond motifs is 5. The van der Waals surface area contributed by atoms with E-state index in [4.69, 9.17) is 18.6 Å². The summed E-state index contributed by atoms with van der Waals surface area (Å²) in [5, 5.41) is 36.8. The molecule has 1 aliphatic heterocycles. The smallest absolute Gasteiger partial charge is 0.309 e. The molecule has 0 amide bonds. The van der Waals surface area contributed by atoms with E-state index in [-0.39, 0.29) is 107 Å². The summed E-state index contributed by atoms with van der Waals surface area (Å²) in [5.74, 6) is -2.16. The molecule has 9 nitrogen and oxygen atoms in total. The second-order valence-corrected chi connectivity index (χ2v) is 14.6. The van der Waals surface area contributed by atoms with E-state index < -0.39 is 76.0 Å². The van der Waals surface area contributed by atoms with Crippen molar-refractivity contribution in [3.63, 3.8) is 0 Å². The first-order chi connectivity index (χ1) is 19.6. The molecular formula is C32H46Ac2O9S. The molecule has 44 heavy (non-hydrogen) atoms. The normalized spacial score (nSPS) is 40.5. The Kier molecular flexibility index (Phi) is 12.8. The number of thioether (sulfide) groups is 1. The van der Waals surface area contributed by atoms with Crippen molar-refractivity contribution in [1.29, 1.82) is 0 Å². The molecule has 0 spiro atoms. The number of esters is 1. The van der Waals surface area contributed by atoms with Gasteiger partial charge in [0.25, 0.3) is 0 Å². The van der Waals surface area contributed by atoms with Crippen LogP contribution >= 0.6 is 11.8 Å². The number of furan rings is 1. The van der Waals surface area contributed by atoms with E-state index in [1.807, 2.05) is 40.0 Å². The van der Waals surface area contributed by atoms with E-state index in [9.17, 15) is 24.9 Å². The van der Waals surface area contributed by atoms with Crippen LogP contribution in [-0.2, 0) is 23.8 Å². The number of hydrogen-bond donors (Lipinski definition) is 3. The van der Waals surface area contributed by atoms with Crippen LogP contribution in [-0.4, -0.2) is 81.5 Å². The van der Waals surface area contributed by atoms with E-state index in [2.05, 4.69) is 0 Å². The molecule has 2 bridgehead atoms. The van der Waals surface area contributed by atoms with E-state index >= 15 is 0 Å². The summed E-state index contributed by atoms with van der Waals surface area (Å²) in [6, 6.07) is 3.58. The molecule has 12 heteroatoms. The molecule has 5 rings (SSSR count). The fourth-order valence-electron chi connectivity index (χ4n) is 8.73. The summed E-state index contributed by atoms with van der Waals surface area (Å²) >= 11 is 1.48. The van der Waals surface area contributed by atoms with Crippen LogP contribution < -0.4 is 0 Å². The Morgan fingerprint density at radius 3 is 2.41 bits per heavy atom. The molecule has 7 unspecified atom stereocenters. The van der Waals surface area contributed by atoms with Gasteiger partial charge in [-0.25, -0.2) is 0 Å². The number of rotatable bonds is 7. The minimum Gasteiger partial charge on any atom is -0.469 e. The standard InChI is InChI=1S/C32H46O9S.2Ac/c1-16(20-10-9-11-38-20)17(2)28(35)41-21-13-32(37)19(4)26-30(7,27(34)25(33)24(18(21)3)29(32,5)6)22(40-15-42-8)12-23-31(26,36)14-39-23;;/h9-11,16-17,19,21-23,25-26,33,36-37H,12-15H2,1-8H3;;/t16-,17-,19+,21?,22?,23?,25?,26?,30-,31?,32?;;/m1../s1. The number of hydrogen-bond acceptors (Lipinski definition) is 10. The van der Waals surface area contributed by atoms with Crippen LogP contribution in [0.2, 0.25) is 0 Å². The van der Waals surface area contributed by atoms with Gasteiger partial charge in [0.1, 0.15) is 23.6 Å². The van der Waals surface area contributed by atoms with Crippen LogP contribution in [0.15, 0.2) is 34.0 Å². The predicted octanol–water partition coefficient (Wildman–Crippen LogP) is 3.85. The summed E-state index contributed by atoms with van der Waals surface area (Å²) in [6.07, 6.45) is 0.170. The topological polar surface area (TPSA) is 136 Å². The maximum Gasteiger partial charge on any atom is 0.309 e. The SMILES string of the molecule is CSCOC1CC2OCC2(O)C2[C@H](C)C3(O)CC(OC(=O)[C@H](C)[C@@H](C)c4ccco4)C(C)=C(C(O)C(=O)[C@]12C)C3(C)C.[Ac].[Ac]. The number of Topliss-reactive ketones (excluding diaryl/α,β-unsaturated/α-hetero) is 1. The van der Waals surface area contributed by atoms with Gasteiger partial charge in [-0.05, 0) is 49.3 Å². The van der Waals surface area contributed by atoms with Crippen molar-refractivity contribution in [1.82, 2.24) is 0 Å². The first-order valence-electron chi connectivity index (χ1n) is 14.9. The molecule has 2 heterocycles. The molecule has 1 aromatic rings. The van der Waals surface area contributed by atoms with Gasteiger partial charge in [0, 0.05) is 118 Å². The van der Waals surface area contributed by atoms with Crippen molar-refractivity contribution >= 4 is 23.5 Å². The molecule has 11 atom stereocenters. The van der Waals surface area contributed by atoms with Gasteiger partial charge in [0.05, 0.1) is 48.0 Å². The second-order valence-electron chi connectivity index (χ2n) is 13.8. The van der Waals surface area contributed by atoms with Crippen LogP contribution in [0.4, 0.5) is 0 Å². The van der Waals surface area contributed by atoms with Crippen molar-refractivity contribution in [3.8, 4) is 0 Å². The number of aliphatic hydroxyl groups excluding tert-OH is 1. The minimum absolute atomic E-state index is 0. The second kappa shape index (κ2) is 14.2. The molecule has 240 valence electrons. The van der Waals surface area contributed by atoms with Crippen LogP contribution in [0.1, 0.15) is 73.0 Å². The molecular weight excluding hydrogens is 1010 g/mol. The molecule has 2 radical (unpaired) electrons. The maximum atomic E-state index is 14.6. The van der Waals surface area contributed by atoms with Crippen LogP contribution in [0.3, 0.4) is 0 Å². The third-order valence-electron chi connectivity index (χ3n) is 11.6. The van der Waals surface area contributed by atoms with Gasteiger partial charge in [0.2, 0.25) is 0 Å². The third kappa shape index (κ3) is 5.90. The maximum absolute atomic E-state index is 14.6. The molecule has 0 aromatic carbocycles. The van der Waals surface area contributed by atoms with Gasteiger partial charge in [-0.1, -0.05) is 34.6 Å². The zero-order chi connectivity index (χ0) is 31.0. The fourth-order valence-corrected chi connectivity index (χ4v) is 9.03. The van der Waals surface area contributed by atoms with E-state index in [1.54, 1.807) is 33.1 Å². The van der Waals surface area contributed by atoms with Crippen LogP contribution in [0, 0.1) is 117 Å². The van der Waals surface area contributed by atoms with Gasteiger partial charge in [0.15, 0.2) is 5.78 Å². The number of ether oxygens (including phenoxy) is 3. The van der Waals surface area contributed by atoms with Gasteiger partial charge in [-0.2, -0.15) is 0 Å². The first-order valence-corrected chi connectivity index (χ1v) is 16.3. The largest absolute Gasteiger partial charge is 0.469 e. The van der Waals surface area contributed by atoms with Crippen molar-refractivity contribution in [2.75, 3.05) is 18.8 Å². The zero-order valence-electron chi connectivity index (χ0n) is 27.0. The van der Waals surface area contributed by atoms with Crippen molar-refractivity contribution in [2.24, 2.45) is 28.6 Å². The number of carbonyl (C=O) groups is 2. The fraction of sp³-hybridized carbons (Fsp3) is 0.750. The molecule has 3 N–H and O–H groups in total. The quantitative estimate of drug-likeness (QED) is 0.210. The van der Waals surface area contributed by atoms with Gasteiger partial charge in [-0.15, -0.1) is 11.8 Å². The summed E-state index contributed by atoms with van der Waals surface area (Å²) < 4.78 is 23.6. The minimum atomic E-state index is -1.59. The molecule has 1 saturated heterocycles. The monoisotopic (exact) mass is 1060 g/mol. The third-order valence-corrected chi connectivity index (χ3v) is 12.0. The Labute approximate surface area is 336 Å². The number of aliphatic hydroxyl groups is 3. The Bertz CT molecular complexity index is 1250. The van der Waals surface area contributed by atoms with Crippen LogP contribution in [0.5, 0.6) is 0 Å². The van der Waals surface area contributed by atoms with Crippen molar-refractivity contribution < 1.29 is 132 Å². The van der Waals surface area contributed by atoms with Crippen LogP contribution in [0.25, 0.3) is 0 Å². The van der Waals surface area contributed by atoms with Gasteiger partial charge >= 0.3 is 5.97 Å². The van der Waals surface area contributed by atoms with Gasteiger partial charge in [-0.3, -0.25) is 9.59 Å². The van der Waals surface area contributed by atoms with Crippen molar-refractivity contribution in [2.45, 2.75) is 103 Å². The zero-order valence-corrected chi connectivity index (χ0v) is 37.3. The Balaban J connectivity index is 0.00000264. The predicted molar refractivity (Wildman–Crippen MR) is 157 cm³/mol. The summed E-state index contributed by atoms with van der Waals surface area (Å²) in [6.45, 7) is 12.7. The molecule has 1 aromatic heterocycles. The molecule has 3 fully saturated rings. The average molecular weight is 1060 g/mol. The molecule has 4 aliphatic rings.